The average molecular weight is 254 g/mol. The molecule has 0 saturated carbocycles. The lowest BCUT2D eigenvalue weighted by molar-refractivity contribution is -0.143. The van der Waals surface area contributed by atoms with E-state index in [-0.39, 0.29) is 12.1 Å². The Morgan fingerprint density at radius 3 is 2.67 bits per heavy atom. The molecule has 1 N–H and O–H groups in total. The summed E-state index contributed by atoms with van der Waals surface area (Å²) < 4.78 is 7.19. The molecule has 1 rings (SSSR count). The van der Waals surface area contributed by atoms with Crippen LogP contribution in [0.25, 0.3) is 0 Å². The summed E-state index contributed by atoms with van der Waals surface area (Å²) in [6.45, 7) is 7.68. The lowest BCUT2D eigenvalue weighted by atomic mass is 10.2. The summed E-state index contributed by atoms with van der Waals surface area (Å²) in [4.78, 5) is 10.3. The van der Waals surface area contributed by atoms with Crippen molar-refractivity contribution in [2.75, 3.05) is 0 Å². The fourth-order valence-electron chi connectivity index (χ4n) is 2.00. The number of rotatable bonds is 7. The molecule has 18 heavy (non-hydrogen) atoms. The number of hydrogen-bond acceptors (Lipinski definition) is 4. The molecule has 0 aromatic carbocycles. The highest BCUT2D eigenvalue weighted by Crippen LogP contribution is 2.17. The van der Waals surface area contributed by atoms with Gasteiger partial charge < -0.3 is 14.6 Å². The Labute approximate surface area is 108 Å². The van der Waals surface area contributed by atoms with Crippen LogP contribution in [-0.2, 0) is 9.53 Å². The first kappa shape index (κ1) is 14.9. The van der Waals surface area contributed by atoms with Crippen LogP contribution < -0.4 is 0 Å². The quantitative estimate of drug-likeness (QED) is 0.595. The Kier molecular flexibility index (Phi) is 5.50. The Balaban J connectivity index is 2.51. The zero-order valence-corrected chi connectivity index (χ0v) is 11.5. The normalized spacial score (nSPS) is 16.3. The van der Waals surface area contributed by atoms with Gasteiger partial charge in [0.25, 0.3) is 0 Å². The van der Waals surface area contributed by atoms with E-state index in [0.717, 1.165) is 17.7 Å². The summed E-state index contributed by atoms with van der Waals surface area (Å²) in [5.41, 5.74) is 2.03. The second-order valence-electron chi connectivity index (χ2n) is 4.76. The number of aromatic nitrogens is 2. The summed E-state index contributed by atoms with van der Waals surface area (Å²) in [6.07, 6.45) is 0.405. The number of aliphatic hydroxyl groups is 1. The number of aliphatic hydroxyl groups excluding tert-OH is 1. The average Bonchev–Trinajstić information content (AvgIpc) is 2.57. The molecule has 0 radical (unpaired) electrons. The number of ether oxygens (including phenoxy) is 1. The van der Waals surface area contributed by atoms with Crippen molar-refractivity contribution >= 4 is 6.29 Å². The molecule has 5 heteroatoms. The standard InChI is InChI=1S/C13H22N2O3/c1-9-7-10(2)15(14-9)11(3)8-13(17)18-12(4)5-6-16/h6-7,11-13,17H,5,8H2,1-4H3. The van der Waals surface area contributed by atoms with Gasteiger partial charge in [0.1, 0.15) is 6.29 Å². The van der Waals surface area contributed by atoms with E-state index in [9.17, 15) is 9.90 Å². The molecule has 3 atom stereocenters. The zero-order chi connectivity index (χ0) is 13.7. The topological polar surface area (TPSA) is 64.3 Å². The third kappa shape index (κ3) is 4.23. The van der Waals surface area contributed by atoms with Crippen molar-refractivity contribution in [1.82, 2.24) is 9.78 Å². The molecule has 0 saturated heterocycles. The van der Waals surface area contributed by atoms with Crippen molar-refractivity contribution < 1.29 is 14.6 Å². The fraction of sp³-hybridized carbons (Fsp3) is 0.692. The van der Waals surface area contributed by atoms with E-state index in [2.05, 4.69) is 5.10 Å². The Hall–Kier alpha value is -1.20. The van der Waals surface area contributed by atoms with Crippen molar-refractivity contribution in [3.05, 3.63) is 17.5 Å². The second kappa shape index (κ2) is 6.66. The highest BCUT2D eigenvalue weighted by atomic mass is 16.6. The molecule has 0 aliphatic rings. The Bertz CT molecular complexity index is 390. The maximum Gasteiger partial charge on any atom is 0.156 e. The number of aryl methyl sites for hydroxylation is 2. The summed E-state index contributed by atoms with van der Waals surface area (Å²) in [6, 6.07) is 2.05. The summed E-state index contributed by atoms with van der Waals surface area (Å²) in [7, 11) is 0. The van der Waals surface area contributed by atoms with Crippen LogP contribution in [0.15, 0.2) is 6.07 Å². The van der Waals surface area contributed by atoms with Gasteiger partial charge in [-0.1, -0.05) is 0 Å². The lowest BCUT2D eigenvalue weighted by Crippen LogP contribution is -2.24. The molecule has 0 spiro atoms. The van der Waals surface area contributed by atoms with E-state index in [1.807, 2.05) is 31.5 Å². The summed E-state index contributed by atoms with van der Waals surface area (Å²) in [5, 5.41) is 14.2. The predicted molar refractivity (Wildman–Crippen MR) is 68.3 cm³/mol. The SMILES string of the molecule is Cc1cc(C)n(C(C)CC(O)OC(C)CC=O)n1. The Morgan fingerprint density at radius 1 is 1.50 bits per heavy atom. The third-order valence-electron chi connectivity index (χ3n) is 2.82. The monoisotopic (exact) mass is 254 g/mol. The van der Waals surface area contributed by atoms with Crippen LogP contribution in [0.3, 0.4) is 0 Å². The molecule has 0 amide bonds. The number of carbonyl (C=O) groups is 1. The van der Waals surface area contributed by atoms with Crippen LogP contribution in [0.1, 0.15) is 44.1 Å². The maximum atomic E-state index is 10.3. The Morgan fingerprint density at radius 2 is 2.17 bits per heavy atom. The van der Waals surface area contributed by atoms with Gasteiger partial charge in [-0.3, -0.25) is 4.68 Å². The third-order valence-corrected chi connectivity index (χ3v) is 2.82. The first-order chi connectivity index (χ1) is 8.43. The van der Waals surface area contributed by atoms with E-state index in [1.165, 1.54) is 0 Å². The second-order valence-corrected chi connectivity index (χ2v) is 4.76. The van der Waals surface area contributed by atoms with Crippen LogP contribution in [-0.4, -0.2) is 33.6 Å². The van der Waals surface area contributed by atoms with Crippen LogP contribution >= 0.6 is 0 Å². The lowest BCUT2D eigenvalue weighted by Gasteiger charge is -2.21. The molecular weight excluding hydrogens is 232 g/mol. The number of carbonyl (C=O) groups excluding carboxylic acids is 1. The van der Waals surface area contributed by atoms with E-state index in [1.54, 1.807) is 6.92 Å². The molecule has 102 valence electrons. The van der Waals surface area contributed by atoms with Crippen LogP contribution in [0.2, 0.25) is 0 Å². The minimum Gasteiger partial charge on any atom is -0.368 e. The van der Waals surface area contributed by atoms with Gasteiger partial charge in [-0.2, -0.15) is 5.10 Å². The molecule has 0 fully saturated rings. The number of nitrogens with zero attached hydrogens (tertiary/aromatic N) is 2. The highest BCUT2D eigenvalue weighted by molar-refractivity contribution is 5.49. The van der Waals surface area contributed by atoms with Gasteiger partial charge in [0.15, 0.2) is 6.29 Å². The summed E-state index contributed by atoms with van der Waals surface area (Å²) >= 11 is 0. The number of hydrogen-bond donors (Lipinski definition) is 1. The fourth-order valence-corrected chi connectivity index (χ4v) is 2.00. The minimum absolute atomic E-state index is 0.0529. The molecule has 3 unspecified atom stereocenters. The zero-order valence-electron chi connectivity index (χ0n) is 11.5. The van der Waals surface area contributed by atoms with Gasteiger partial charge in [-0.25, -0.2) is 0 Å². The molecule has 5 nitrogen and oxygen atoms in total. The molecule has 1 aromatic rings. The molecular formula is C13H22N2O3. The van der Waals surface area contributed by atoms with Crippen LogP contribution in [0.5, 0.6) is 0 Å². The summed E-state index contributed by atoms with van der Waals surface area (Å²) in [5.74, 6) is 0. The van der Waals surface area contributed by atoms with E-state index in [0.29, 0.717) is 12.8 Å². The van der Waals surface area contributed by atoms with E-state index >= 15 is 0 Å². The van der Waals surface area contributed by atoms with Crippen molar-refractivity contribution in [2.45, 2.75) is 59.0 Å². The van der Waals surface area contributed by atoms with Crippen molar-refractivity contribution in [3.8, 4) is 0 Å². The van der Waals surface area contributed by atoms with Crippen molar-refractivity contribution in [1.29, 1.82) is 0 Å². The smallest absolute Gasteiger partial charge is 0.156 e. The van der Waals surface area contributed by atoms with Crippen molar-refractivity contribution in [2.24, 2.45) is 0 Å². The minimum atomic E-state index is -0.876. The van der Waals surface area contributed by atoms with E-state index in [4.69, 9.17) is 4.74 Å². The van der Waals surface area contributed by atoms with Gasteiger partial charge in [0.2, 0.25) is 0 Å². The molecule has 1 aromatic heterocycles. The highest BCUT2D eigenvalue weighted by Gasteiger charge is 2.16. The van der Waals surface area contributed by atoms with Gasteiger partial charge in [0, 0.05) is 18.5 Å². The van der Waals surface area contributed by atoms with Gasteiger partial charge >= 0.3 is 0 Å². The van der Waals surface area contributed by atoms with Crippen LogP contribution in [0, 0.1) is 13.8 Å². The predicted octanol–water partition coefficient (Wildman–Crippen LogP) is 1.76. The largest absolute Gasteiger partial charge is 0.368 e. The van der Waals surface area contributed by atoms with E-state index < -0.39 is 6.29 Å². The molecule has 0 aliphatic heterocycles. The first-order valence-electron chi connectivity index (χ1n) is 6.24. The first-order valence-corrected chi connectivity index (χ1v) is 6.24. The molecule has 0 bridgehead atoms. The molecule has 1 heterocycles. The molecule has 0 aliphatic carbocycles. The van der Waals surface area contributed by atoms with Gasteiger partial charge in [-0.15, -0.1) is 0 Å². The van der Waals surface area contributed by atoms with Gasteiger partial charge in [0.05, 0.1) is 17.8 Å². The number of aldehydes is 1. The van der Waals surface area contributed by atoms with Crippen LogP contribution in [0.4, 0.5) is 0 Å². The van der Waals surface area contributed by atoms with Crippen molar-refractivity contribution in [3.63, 3.8) is 0 Å². The maximum absolute atomic E-state index is 10.3. The van der Waals surface area contributed by atoms with Gasteiger partial charge in [-0.05, 0) is 33.8 Å².